The van der Waals surface area contributed by atoms with Crippen molar-refractivity contribution in [1.29, 1.82) is 0 Å². The van der Waals surface area contributed by atoms with E-state index in [0.29, 0.717) is 53.3 Å². The van der Waals surface area contributed by atoms with Crippen LogP contribution < -0.4 is 14.8 Å². The maximum absolute atomic E-state index is 13.2. The van der Waals surface area contributed by atoms with Gasteiger partial charge in [-0.15, -0.1) is 0 Å². The molecule has 1 N–H and O–H groups in total. The van der Waals surface area contributed by atoms with Gasteiger partial charge >= 0.3 is 0 Å². The van der Waals surface area contributed by atoms with Crippen LogP contribution in [0.25, 0.3) is 0 Å². The molecule has 0 radical (unpaired) electrons. The fourth-order valence-electron chi connectivity index (χ4n) is 3.48. The first-order valence-electron chi connectivity index (χ1n) is 11.3. The number of halogens is 1. The summed E-state index contributed by atoms with van der Waals surface area (Å²) >= 11 is 6.20. The molecule has 0 atom stereocenters. The molecule has 0 aromatic heterocycles. The Hall–Kier alpha value is -3.80. The Labute approximate surface area is 210 Å². The zero-order chi connectivity index (χ0) is 24.5. The maximum atomic E-state index is 13.2. The Bertz CT molecular complexity index is 1260. The van der Waals surface area contributed by atoms with Crippen LogP contribution in [0.1, 0.15) is 28.4 Å². The predicted molar refractivity (Wildman–Crippen MR) is 138 cm³/mol. The highest BCUT2D eigenvalue weighted by molar-refractivity contribution is 6.31. The highest BCUT2D eigenvalue weighted by Gasteiger charge is 2.14. The van der Waals surface area contributed by atoms with Crippen molar-refractivity contribution in [2.45, 2.75) is 20.1 Å². The lowest BCUT2D eigenvalue weighted by Crippen LogP contribution is -2.13. The van der Waals surface area contributed by atoms with E-state index >= 15 is 0 Å². The Kier molecular flexibility index (Phi) is 8.39. The van der Waals surface area contributed by atoms with E-state index in [1.807, 2.05) is 67.6 Å². The number of hydrogen-bond acceptors (Lipinski definition) is 4. The third-order valence-corrected chi connectivity index (χ3v) is 5.39. The molecule has 178 valence electrons. The van der Waals surface area contributed by atoms with Crippen molar-refractivity contribution in [3.05, 3.63) is 119 Å². The number of anilines is 1. The number of amides is 1. The van der Waals surface area contributed by atoms with E-state index in [9.17, 15) is 4.79 Å². The summed E-state index contributed by atoms with van der Waals surface area (Å²) in [5.41, 5.74) is 2.81. The molecule has 4 aromatic rings. The lowest BCUT2D eigenvalue weighted by atomic mass is 10.1. The van der Waals surface area contributed by atoms with Crippen LogP contribution in [0.2, 0.25) is 5.02 Å². The van der Waals surface area contributed by atoms with Gasteiger partial charge in [0.05, 0.1) is 25.5 Å². The Morgan fingerprint density at radius 2 is 1.54 bits per heavy atom. The largest absolute Gasteiger partial charge is 0.494 e. The van der Waals surface area contributed by atoms with Gasteiger partial charge in [0.1, 0.15) is 11.5 Å². The van der Waals surface area contributed by atoms with Crippen molar-refractivity contribution in [3.8, 4) is 17.2 Å². The van der Waals surface area contributed by atoms with Crippen LogP contribution in [0, 0.1) is 0 Å². The maximum Gasteiger partial charge on any atom is 0.255 e. The second-order valence-corrected chi connectivity index (χ2v) is 8.18. The Balaban J connectivity index is 1.51. The normalized spacial score (nSPS) is 10.6. The molecule has 0 aliphatic rings. The molecule has 0 saturated heterocycles. The summed E-state index contributed by atoms with van der Waals surface area (Å²) < 4.78 is 17.6. The van der Waals surface area contributed by atoms with Gasteiger partial charge in [0.25, 0.3) is 5.91 Å². The molecule has 4 aromatic carbocycles. The molecule has 5 nitrogen and oxygen atoms in total. The SMILES string of the molecule is CCOc1ccc(C(=O)Nc2cc(Cl)ccc2Oc2ccccc2)cc1COCc1ccccc1. The number of ether oxygens (including phenoxy) is 3. The number of para-hydroxylation sites is 1. The summed E-state index contributed by atoms with van der Waals surface area (Å²) in [5, 5.41) is 3.41. The molecule has 0 unspecified atom stereocenters. The first-order chi connectivity index (χ1) is 17.1. The molecule has 0 bridgehead atoms. The molecule has 0 fully saturated rings. The second kappa shape index (κ2) is 12.1. The monoisotopic (exact) mass is 487 g/mol. The molecule has 6 heteroatoms. The minimum atomic E-state index is -0.294. The minimum Gasteiger partial charge on any atom is -0.494 e. The number of benzene rings is 4. The molecule has 1 amide bonds. The van der Waals surface area contributed by atoms with Crippen LogP contribution >= 0.6 is 11.6 Å². The van der Waals surface area contributed by atoms with E-state index in [4.69, 9.17) is 25.8 Å². The molecule has 4 rings (SSSR count). The number of rotatable bonds is 10. The van der Waals surface area contributed by atoms with Crippen LogP contribution in [-0.2, 0) is 18.0 Å². The molecule has 0 heterocycles. The van der Waals surface area contributed by atoms with E-state index in [1.54, 1.807) is 36.4 Å². The van der Waals surface area contributed by atoms with Gasteiger partial charge in [-0.05, 0) is 61.0 Å². The summed E-state index contributed by atoms with van der Waals surface area (Å²) in [7, 11) is 0. The van der Waals surface area contributed by atoms with E-state index in [0.717, 1.165) is 11.1 Å². The number of carbonyl (C=O) groups is 1. The van der Waals surface area contributed by atoms with Gasteiger partial charge in [0.15, 0.2) is 5.75 Å². The van der Waals surface area contributed by atoms with E-state index in [2.05, 4.69) is 5.32 Å². The topological polar surface area (TPSA) is 56.8 Å². The van der Waals surface area contributed by atoms with Gasteiger partial charge in [-0.25, -0.2) is 0 Å². The molecule has 0 spiro atoms. The fourth-order valence-corrected chi connectivity index (χ4v) is 3.65. The average Bonchev–Trinajstić information content (AvgIpc) is 2.88. The molecular weight excluding hydrogens is 462 g/mol. The van der Waals surface area contributed by atoms with Gasteiger partial charge in [-0.1, -0.05) is 60.1 Å². The molecule has 0 saturated carbocycles. The van der Waals surface area contributed by atoms with Crippen LogP contribution in [-0.4, -0.2) is 12.5 Å². The zero-order valence-electron chi connectivity index (χ0n) is 19.4. The van der Waals surface area contributed by atoms with Gasteiger partial charge in [0, 0.05) is 16.1 Å². The van der Waals surface area contributed by atoms with Gasteiger partial charge in [-0.3, -0.25) is 4.79 Å². The van der Waals surface area contributed by atoms with Crippen molar-refractivity contribution in [3.63, 3.8) is 0 Å². The molecular formula is C29H26ClNO4. The number of hydrogen-bond donors (Lipinski definition) is 1. The molecule has 0 aliphatic heterocycles. The third kappa shape index (κ3) is 6.85. The van der Waals surface area contributed by atoms with Crippen molar-refractivity contribution >= 4 is 23.2 Å². The average molecular weight is 488 g/mol. The minimum absolute atomic E-state index is 0.294. The lowest BCUT2D eigenvalue weighted by Gasteiger charge is -2.15. The second-order valence-electron chi connectivity index (χ2n) is 7.74. The summed E-state index contributed by atoms with van der Waals surface area (Å²) in [5.74, 6) is 1.54. The molecule has 35 heavy (non-hydrogen) atoms. The van der Waals surface area contributed by atoms with Crippen molar-refractivity contribution in [1.82, 2.24) is 0 Å². The smallest absolute Gasteiger partial charge is 0.255 e. The third-order valence-electron chi connectivity index (χ3n) is 5.15. The van der Waals surface area contributed by atoms with Gasteiger partial charge in [0.2, 0.25) is 0 Å². The van der Waals surface area contributed by atoms with Gasteiger partial charge < -0.3 is 19.5 Å². The quantitative estimate of drug-likeness (QED) is 0.251. The highest BCUT2D eigenvalue weighted by Crippen LogP contribution is 2.32. The summed E-state index contributed by atoms with van der Waals surface area (Å²) in [4.78, 5) is 13.2. The predicted octanol–water partition coefficient (Wildman–Crippen LogP) is 7.50. The Morgan fingerprint density at radius 1 is 0.829 bits per heavy atom. The fraction of sp³-hybridized carbons (Fsp3) is 0.138. The van der Waals surface area contributed by atoms with Crippen molar-refractivity contribution in [2.75, 3.05) is 11.9 Å². The van der Waals surface area contributed by atoms with Crippen LogP contribution in [0.4, 0.5) is 5.69 Å². The van der Waals surface area contributed by atoms with Crippen LogP contribution in [0.3, 0.4) is 0 Å². The summed E-state index contributed by atoms with van der Waals surface area (Å²) in [6.45, 7) is 3.21. The van der Waals surface area contributed by atoms with Gasteiger partial charge in [-0.2, -0.15) is 0 Å². The number of nitrogens with one attached hydrogen (secondary N) is 1. The lowest BCUT2D eigenvalue weighted by molar-refractivity contribution is 0.101. The number of carbonyl (C=O) groups excluding carboxylic acids is 1. The van der Waals surface area contributed by atoms with E-state index in [-0.39, 0.29) is 5.91 Å². The first-order valence-corrected chi connectivity index (χ1v) is 11.7. The van der Waals surface area contributed by atoms with Crippen molar-refractivity contribution < 1.29 is 19.0 Å². The summed E-state index contributed by atoms with van der Waals surface area (Å²) in [6, 6.07) is 29.7. The van der Waals surface area contributed by atoms with Crippen LogP contribution in [0.5, 0.6) is 17.2 Å². The van der Waals surface area contributed by atoms with Crippen molar-refractivity contribution in [2.24, 2.45) is 0 Å². The Morgan fingerprint density at radius 3 is 2.29 bits per heavy atom. The van der Waals surface area contributed by atoms with Crippen LogP contribution in [0.15, 0.2) is 97.1 Å². The first kappa shape index (κ1) is 24.3. The molecule has 0 aliphatic carbocycles. The zero-order valence-corrected chi connectivity index (χ0v) is 20.1. The van der Waals surface area contributed by atoms with E-state index < -0.39 is 0 Å². The summed E-state index contributed by atoms with van der Waals surface area (Å²) in [6.07, 6.45) is 0. The standard InChI is InChI=1S/C29H26ClNO4/c1-2-34-27-15-13-22(17-23(27)20-33-19-21-9-5-3-6-10-21)29(32)31-26-18-24(30)14-16-28(26)35-25-11-7-4-8-12-25/h3-18H,2,19-20H2,1H3,(H,31,32). The highest BCUT2D eigenvalue weighted by atomic mass is 35.5. The van der Waals surface area contributed by atoms with E-state index in [1.165, 1.54) is 0 Å².